The summed E-state index contributed by atoms with van der Waals surface area (Å²) < 4.78 is 23.6. The number of thiophene rings is 1. The summed E-state index contributed by atoms with van der Waals surface area (Å²) in [6.07, 6.45) is 1.35. The summed E-state index contributed by atoms with van der Waals surface area (Å²) in [6.45, 7) is 0. The Labute approximate surface area is 112 Å². The Bertz CT molecular complexity index is 523. The molecule has 0 saturated carbocycles. The predicted molar refractivity (Wildman–Crippen MR) is 71.2 cm³/mol. The Kier molecular flexibility index (Phi) is 3.89. The van der Waals surface area contributed by atoms with E-state index in [4.69, 9.17) is 0 Å². The number of hydrogen-bond donors (Lipinski definition) is 1. The van der Waals surface area contributed by atoms with E-state index in [0.717, 1.165) is 10.9 Å². The molecule has 0 unspecified atom stereocenters. The highest BCUT2D eigenvalue weighted by molar-refractivity contribution is 9.10. The molecule has 1 aromatic rings. The van der Waals surface area contributed by atoms with Gasteiger partial charge < -0.3 is 5.32 Å². The Morgan fingerprint density at radius 2 is 2.29 bits per heavy atom. The number of rotatable bonds is 2. The van der Waals surface area contributed by atoms with Gasteiger partial charge in [0.05, 0.1) is 11.5 Å². The van der Waals surface area contributed by atoms with Crippen LogP contribution in [0, 0.1) is 0 Å². The van der Waals surface area contributed by atoms with Crippen molar-refractivity contribution < 1.29 is 13.2 Å². The van der Waals surface area contributed by atoms with Crippen LogP contribution in [-0.2, 0) is 9.84 Å². The van der Waals surface area contributed by atoms with Crippen LogP contribution in [0.25, 0.3) is 0 Å². The lowest BCUT2D eigenvalue weighted by atomic mass is 10.2. The number of sulfone groups is 1. The molecule has 4 nitrogen and oxygen atoms in total. The lowest BCUT2D eigenvalue weighted by Crippen LogP contribution is -2.43. The van der Waals surface area contributed by atoms with E-state index < -0.39 is 9.84 Å². The van der Waals surface area contributed by atoms with Gasteiger partial charge >= 0.3 is 0 Å². The first-order valence-corrected chi connectivity index (χ1v) is 8.71. The van der Waals surface area contributed by atoms with Crippen LogP contribution in [0.5, 0.6) is 0 Å². The molecule has 17 heavy (non-hydrogen) atoms. The van der Waals surface area contributed by atoms with E-state index in [1.165, 1.54) is 11.3 Å². The van der Waals surface area contributed by atoms with Crippen molar-refractivity contribution in [1.29, 1.82) is 0 Å². The molecule has 1 aliphatic rings. The highest BCUT2D eigenvalue weighted by Crippen LogP contribution is 2.23. The van der Waals surface area contributed by atoms with E-state index in [-0.39, 0.29) is 23.5 Å². The summed E-state index contributed by atoms with van der Waals surface area (Å²) in [5, 5.41) is 4.60. The molecule has 7 heteroatoms. The Morgan fingerprint density at radius 1 is 1.53 bits per heavy atom. The molecule has 1 N–H and O–H groups in total. The maximum atomic E-state index is 11.9. The lowest BCUT2D eigenvalue weighted by molar-refractivity contribution is 0.0941. The zero-order valence-electron chi connectivity index (χ0n) is 8.98. The van der Waals surface area contributed by atoms with Crippen molar-refractivity contribution >= 4 is 43.0 Å². The minimum absolute atomic E-state index is 0.0573. The summed E-state index contributed by atoms with van der Waals surface area (Å²) in [7, 11) is -2.98. The highest BCUT2D eigenvalue weighted by atomic mass is 79.9. The van der Waals surface area contributed by atoms with Gasteiger partial charge in [0.2, 0.25) is 0 Å². The van der Waals surface area contributed by atoms with Gasteiger partial charge in [-0.2, -0.15) is 0 Å². The molecule has 1 atom stereocenters. The summed E-state index contributed by atoms with van der Waals surface area (Å²) >= 11 is 4.62. The molecule has 1 saturated heterocycles. The van der Waals surface area contributed by atoms with Crippen LogP contribution >= 0.6 is 27.3 Å². The van der Waals surface area contributed by atoms with E-state index >= 15 is 0 Å². The van der Waals surface area contributed by atoms with Crippen LogP contribution in [0.3, 0.4) is 0 Å². The van der Waals surface area contributed by atoms with Crippen LogP contribution in [0.2, 0.25) is 0 Å². The molecule has 0 bridgehead atoms. The van der Waals surface area contributed by atoms with Crippen LogP contribution in [-0.4, -0.2) is 31.9 Å². The van der Waals surface area contributed by atoms with Gasteiger partial charge in [0.15, 0.2) is 9.84 Å². The van der Waals surface area contributed by atoms with Crippen LogP contribution < -0.4 is 5.32 Å². The number of carbonyl (C=O) groups is 1. The van der Waals surface area contributed by atoms with Gasteiger partial charge in [-0.1, -0.05) is 0 Å². The molecular weight excluding hydrogens is 326 g/mol. The first kappa shape index (κ1) is 13.0. The van der Waals surface area contributed by atoms with Crippen molar-refractivity contribution in [2.75, 3.05) is 11.5 Å². The molecule has 2 heterocycles. The molecule has 0 aromatic carbocycles. The van der Waals surface area contributed by atoms with Crippen molar-refractivity contribution in [2.24, 2.45) is 0 Å². The topological polar surface area (TPSA) is 63.2 Å². The fraction of sp³-hybridized carbons (Fsp3) is 0.500. The second kappa shape index (κ2) is 5.07. The van der Waals surface area contributed by atoms with Crippen molar-refractivity contribution in [3.8, 4) is 0 Å². The molecule has 1 aromatic heterocycles. The molecule has 1 amide bonds. The largest absolute Gasteiger partial charge is 0.348 e. The first-order chi connectivity index (χ1) is 7.98. The molecule has 1 fully saturated rings. The maximum absolute atomic E-state index is 11.9. The zero-order valence-corrected chi connectivity index (χ0v) is 12.2. The SMILES string of the molecule is O=C(N[C@H]1CCCS(=O)(=O)C1)c1sccc1Br. The normalized spacial score (nSPS) is 23.2. The molecule has 1 aliphatic heterocycles. The van der Waals surface area contributed by atoms with Crippen LogP contribution in [0.15, 0.2) is 15.9 Å². The van der Waals surface area contributed by atoms with E-state index in [0.29, 0.717) is 11.3 Å². The Hall–Kier alpha value is -0.400. The smallest absolute Gasteiger partial charge is 0.262 e. The maximum Gasteiger partial charge on any atom is 0.262 e. The van der Waals surface area contributed by atoms with Crippen molar-refractivity contribution in [3.63, 3.8) is 0 Å². The van der Waals surface area contributed by atoms with Crippen molar-refractivity contribution in [3.05, 3.63) is 20.8 Å². The first-order valence-electron chi connectivity index (χ1n) is 5.22. The average molecular weight is 338 g/mol. The predicted octanol–water partition coefficient (Wildman–Crippen LogP) is 1.82. The molecule has 0 radical (unpaired) electrons. The van der Waals surface area contributed by atoms with Crippen LogP contribution in [0.4, 0.5) is 0 Å². The monoisotopic (exact) mass is 337 g/mol. The van der Waals surface area contributed by atoms with E-state index in [2.05, 4.69) is 21.2 Å². The number of nitrogens with one attached hydrogen (secondary N) is 1. The standard InChI is InChI=1S/C10H12BrNO3S2/c11-8-3-4-16-9(8)10(13)12-7-2-1-5-17(14,15)6-7/h3-4,7H,1-2,5-6H2,(H,12,13)/t7-/m0/s1. The number of halogens is 1. The number of amides is 1. The van der Waals surface area contributed by atoms with Crippen LogP contribution in [0.1, 0.15) is 22.5 Å². The second-order valence-corrected chi connectivity index (χ2v) is 8.02. The third kappa shape index (κ3) is 3.29. The second-order valence-electron chi connectivity index (χ2n) is 4.02. The molecule has 2 rings (SSSR count). The summed E-state index contributed by atoms with van der Waals surface area (Å²) in [5.74, 6) is 0.0954. The Balaban J connectivity index is 2.02. The van der Waals surface area contributed by atoms with Gasteiger partial charge in [-0.25, -0.2) is 8.42 Å². The Morgan fingerprint density at radius 3 is 2.88 bits per heavy atom. The highest BCUT2D eigenvalue weighted by Gasteiger charge is 2.26. The third-order valence-corrected chi connectivity index (χ3v) is 6.28. The summed E-state index contributed by atoms with van der Waals surface area (Å²) in [6, 6.07) is 1.55. The lowest BCUT2D eigenvalue weighted by Gasteiger charge is -2.22. The fourth-order valence-corrected chi connectivity index (χ4v) is 4.93. The zero-order chi connectivity index (χ0) is 12.5. The van der Waals surface area contributed by atoms with Gasteiger partial charge in [-0.05, 0) is 40.2 Å². The van der Waals surface area contributed by atoms with Gasteiger partial charge in [0.1, 0.15) is 4.88 Å². The van der Waals surface area contributed by atoms with Gasteiger partial charge in [0, 0.05) is 10.5 Å². The fourth-order valence-electron chi connectivity index (χ4n) is 1.84. The molecule has 0 spiro atoms. The molecule has 0 aliphatic carbocycles. The number of hydrogen-bond acceptors (Lipinski definition) is 4. The van der Waals surface area contributed by atoms with Gasteiger partial charge in [0.25, 0.3) is 5.91 Å². The molecule has 94 valence electrons. The van der Waals surface area contributed by atoms with Gasteiger partial charge in [-0.3, -0.25) is 4.79 Å². The average Bonchev–Trinajstić information content (AvgIpc) is 2.62. The van der Waals surface area contributed by atoms with Gasteiger partial charge in [-0.15, -0.1) is 11.3 Å². The quantitative estimate of drug-likeness (QED) is 0.895. The van der Waals surface area contributed by atoms with E-state index in [1.54, 1.807) is 6.07 Å². The number of carbonyl (C=O) groups excluding carboxylic acids is 1. The summed E-state index contributed by atoms with van der Waals surface area (Å²) in [5.41, 5.74) is 0. The minimum atomic E-state index is -2.98. The van der Waals surface area contributed by atoms with Crippen molar-refractivity contribution in [2.45, 2.75) is 18.9 Å². The summed E-state index contributed by atoms with van der Waals surface area (Å²) in [4.78, 5) is 12.5. The molecular formula is C10H12BrNO3S2. The third-order valence-electron chi connectivity index (χ3n) is 2.62. The minimum Gasteiger partial charge on any atom is -0.348 e. The van der Waals surface area contributed by atoms with E-state index in [1.807, 2.05) is 5.38 Å². The van der Waals surface area contributed by atoms with Crippen molar-refractivity contribution in [1.82, 2.24) is 5.32 Å². The van der Waals surface area contributed by atoms with E-state index in [9.17, 15) is 13.2 Å².